The molecule has 1 nitrogen and oxygen atoms in total. The summed E-state index contributed by atoms with van der Waals surface area (Å²) in [7, 11) is 0. The van der Waals surface area contributed by atoms with Crippen molar-refractivity contribution >= 4 is 0 Å². The third-order valence-corrected chi connectivity index (χ3v) is 7.06. The highest BCUT2D eigenvalue weighted by Crippen LogP contribution is 2.40. The van der Waals surface area contributed by atoms with E-state index in [1.54, 1.807) is 0 Å². The predicted octanol–water partition coefficient (Wildman–Crippen LogP) is 9.11. The van der Waals surface area contributed by atoms with Gasteiger partial charge in [-0.15, -0.1) is 0 Å². The van der Waals surface area contributed by atoms with Crippen molar-refractivity contribution in [3.8, 4) is 0 Å². The summed E-state index contributed by atoms with van der Waals surface area (Å²) in [5.74, 6) is 1.60. The van der Waals surface area contributed by atoms with Crippen molar-refractivity contribution in [2.45, 2.75) is 111 Å². The average Bonchev–Trinajstić information content (AvgIpc) is 2.69. The topological polar surface area (TPSA) is 3.24 Å². The fourth-order valence-corrected chi connectivity index (χ4v) is 5.07. The van der Waals surface area contributed by atoms with E-state index < -0.39 is 0 Å². The van der Waals surface area contributed by atoms with Crippen LogP contribution in [-0.4, -0.2) is 10.9 Å². The number of nitrogens with zero attached hydrogens (tertiary/aromatic N) is 1. The molecule has 2 rings (SSSR count). The monoisotopic (exact) mass is 409 g/mol. The summed E-state index contributed by atoms with van der Waals surface area (Å²) in [6.45, 7) is 19.8. The molecule has 0 aromatic rings. The minimum atomic E-state index is 0.573. The number of allylic oxidation sites excluding steroid dienone is 6. The zero-order chi connectivity index (χ0) is 22.1. The molecule has 0 N–H and O–H groups in total. The van der Waals surface area contributed by atoms with Gasteiger partial charge in [-0.2, -0.15) is 0 Å². The first kappa shape index (κ1) is 24.8. The molecule has 0 heterocycles. The standard InChI is InChI=1S/C29H47N/c1-8-10-11-12-13-16-26-20-28(21-26)30(25(7)9-2)29(22(3)4)19-24(6)27-17-14-15-23(5)18-27/h9,18-19,23,26,28H,2,7-8,10-17,20-21H2,1,3-6H3/b24-19+. The van der Waals surface area contributed by atoms with Gasteiger partial charge in [-0.3, -0.25) is 0 Å². The number of hydrogen-bond acceptors (Lipinski definition) is 1. The van der Waals surface area contributed by atoms with Crippen LogP contribution >= 0.6 is 0 Å². The SMILES string of the molecule is C=CC(=C)N(C(/C=C(\C)C1=CC(C)CCC1)=C(C)C)C1CC(CCCCCCC)C1. The van der Waals surface area contributed by atoms with Gasteiger partial charge >= 0.3 is 0 Å². The predicted molar refractivity (Wildman–Crippen MR) is 134 cm³/mol. The highest BCUT2D eigenvalue weighted by atomic mass is 15.2. The van der Waals surface area contributed by atoms with Gasteiger partial charge in [0.05, 0.1) is 0 Å². The van der Waals surface area contributed by atoms with E-state index in [2.05, 4.69) is 64.8 Å². The first-order chi connectivity index (χ1) is 14.4. The molecule has 0 spiro atoms. The molecule has 1 unspecified atom stereocenters. The molecular formula is C29H47N. The zero-order valence-electron chi connectivity index (χ0n) is 20.6. The molecule has 2 aliphatic carbocycles. The van der Waals surface area contributed by atoms with E-state index in [0.29, 0.717) is 12.0 Å². The Kier molecular flexibility index (Phi) is 10.2. The van der Waals surface area contributed by atoms with Crippen LogP contribution in [0.2, 0.25) is 0 Å². The van der Waals surface area contributed by atoms with E-state index in [0.717, 1.165) is 11.6 Å². The molecule has 0 aliphatic heterocycles. The van der Waals surface area contributed by atoms with Crippen LogP contribution in [0.1, 0.15) is 105 Å². The maximum Gasteiger partial charge on any atom is 0.0402 e. The minimum absolute atomic E-state index is 0.573. The lowest BCUT2D eigenvalue weighted by molar-refractivity contribution is 0.131. The molecular weight excluding hydrogens is 362 g/mol. The molecule has 0 radical (unpaired) electrons. The Bertz CT molecular complexity index is 664. The van der Waals surface area contributed by atoms with Gasteiger partial charge in [0.2, 0.25) is 0 Å². The molecule has 0 saturated heterocycles. The summed E-state index contributed by atoms with van der Waals surface area (Å²) in [5, 5.41) is 0. The van der Waals surface area contributed by atoms with Crippen molar-refractivity contribution in [2.75, 3.05) is 0 Å². The van der Waals surface area contributed by atoms with Gasteiger partial charge in [0.1, 0.15) is 0 Å². The van der Waals surface area contributed by atoms with E-state index >= 15 is 0 Å². The summed E-state index contributed by atoms with van der Waals surface area (Å²) in [5.41, 5.74) is 6.71. The normalized spacial score (nSPS) is 24.0. The van der Waals surface area contributed by atoms with Crippen LogP contribution in [0.25, 0.3) is 0 Å². The second-order valence-electron chi connectivity index (χ2n) is 10.0. The van der Waals surface area contributed by atoms with Crippen molar-refractivity contribution in [1.82, 2.24) is 4.90 Å². The fraction of sp³-hybridized carbons (Fsp3) is 0.655. The summed E-state index contributed by atoms with van der Waals surface area (Å²) in [6.07, 6.45) is 21.6. The van der Waals surface area contributed by atoms with E-state index in [9.17, 15) is 0 Å². The Balaban J connectivity index is 2.07. The third-order valence-electron chi connectivity index (χ3n) is 7.06. The molecule has 0 aromatic heterocycles. The van der Waals surface area contributed by atoms with Crippen LogP contribution in [0.4, 0.5) is 0 Å². The van der Waals surface area contributed by atoms with Gasteiger partial charge in [0, 0.05) is 17.4 Å². The first-order valence-electron chi connectivity index (χ1n) is 12.5. The quantitative estimate of drug-likeness (QED) is 0.229. The van der Waals surface area contributed by atoms with Crippen molar-refractivity contribution in [3.63, 3.8) is 0 Å². The molecule has 1 saturated carbocycles. The summed E-state index contributed by atoms with van der Waals surface area (Å²) in [4.78, 5) is 2.49. The summed E-state index contributed by atoms with van der Waals surface area (Å²) >= 11 is 0. The molecule has 30 heavy (non-hydrogen) atoms. The molecule has 0 aromatic carbocycles. The van der Waals surface area contributed by atoms with Crippen LogP contribution in [0.3, 0.4) is 0 Å². The van der Waals surface area contributed by atoms with E-state index in [1.807, 2.05) is 6.08 Å². The molecule has 1 heteroatoms. The largest absolute Gasteiger partial charge is 0.339 e. The van der Waals surface area contributed by atoms with Crippen LogP contribution in [-0.2, 0) is 0 Å². The Morgan fingerprint density at radius 3 is 2.43 bits per heavy atom. The number of hydrogen-bond donors (Lipinski definition) is 0. The number of rotatable bonds is 12. The van der Waals surface area contributed by atoms with Crippen LogP contribution in [0.5, 0.6) is 0 Å². The Morgan fingerprint density at radius 2 is 1.83 bits per heavy atom. The number of unbranched alkanes of at least 4 members (excludes halogenated alkanes) is 4. The van der Waals surface area contributed by atoms with Gasteiger partial charge in [0.25, 0.3) is 0 Å². The lowest BCUT2D eigenvalue weighted by atomic mass is 9.75. The van der Waals surface area contributed by atoms with Crippen molar-refractivity contribution in [3.05, 3.63) is 59.5 Å². The van der Waals surface area contributed by atoms with Crippen molar-refractivity contribution < 1.29 is 0 Å². The lowest BCUT2D eigenvalue weighted by Crippen LogP contribution is -2.43. The van der Waals surface area contributed by atoms with E-state index in [-0.39, 0.29) is 0 Å². The van der Waals surface area contributed by atoms with E-state index in [1.165, 1.54) is 93.0 Å². The molecule has 1 fully saturated rings. The Labute approximate surface area is 187 Å². The molecule has 0 amide bonds. The summed E-state index contributed by atoms with van der Waals surface area (Å²) < 4.78 is 0. The summed E-state index contributed by atoms with van der Waals surface area (Å²) in [6, 6.07) is 0.573. The van der Waals surface area contributed by atoms with E-state index in [4.69, 9.17) is 0 Å². The highest BCUT2D eigenvalue weighted by Gasteiger charge is 2.34. The Morgan fingerprint density at radius 1 is 1.13 bits per heavy atom. The van der Waals surface area contributed by atoms with Gasteiger partial charge < -0.3 is 4.90 Å². The molecule has 168 valence electrons. The Hall–Kier alpha value is -1.50. The maximum atomic E-state index is 4.36. The molecule has 2 aliphatic rings. The second kappa shape index (κ2) is 12.4. The fourth-order valence-electron chi connectivity index (χ4n) is 5.07. The third kappa shape index (κ3) is 7.03. The molecule has 0 bridgehead atoms. The maximum absolute atomic E-state index is 4.36. The van der Waals surface area contributed by atoms with Gasteiger partial charge in [-0.05, 0) is 88.0 Å². The average molecular weight is 410 g/mol. The minimum Gasteiger partial charge on any atom is -0.339 e. The zero-order valence-corrected chi connectivity index (χ0v) is 20.6. The first-order valence-corrected chi connectivity index (χ1v) is 12.5. The van der Waals surface area contributed by atoms with Crippen LogP contribution in [0, 0.1) is 11.8 Å². The lowest BCUT2D eigenvalue weighted by Gasteiger charge is -2.45. The van der Waals surface area contributed by atoms with Gasteiger partial charge in [-0.1, -0.05) is 77.2 Å². The van der Waals surface area contributed by atoms with Crippen molar-refractivity contribution in [2.24, 2.45) is 11.8 Å². The highest BCUT2D eigenvalue weighted by molar-refractivity contribution is 5.40. The van der Waals surface area contributed by atoms with Crippen LogP contribution in [0.15, 0.2) is 59.5 Å². The smallest absolute Gasteiger partial charge is 0.0402 e. The second-order valence-corrected chi connectivity index (χ2v) is 10.0. The van der Waals surface area contributed by atoms with Crippen molar-refractivity contribution in [1.29, 1.82) is 0 Å². The van der Waals surface area contributed by atoms with Gasteiger partial charge in [0.15, 0.2) is 0 Å². The van der Waals surface area contributed by atoms with Gasteiger partial charge in [-0.25, -0.2) is 0 Å². The molecule has 1 atom stereocenters. The van der Waals surface area contributed by atoms with Crippen LogP contribution < -0.4 is 0 Å².